The number of benzene rings is 3. The molecule has 1 aliphatic rings. The molecule has 0 amide bonds. The molecule has 192 valence electrons. The summed E-state index contributed by atoms with van der Waals surface area (Å²) in [5, 5.41) is 4.30. The molecule has 0 saturated carbocycles. The molecule has 6 rings (SSSR count). The van der Waals surface area contributed by atoms with Crippen LogP contribution in [0.5, 0.6) is 0 Å². The second-order valence-electron chi connectivity index (χ2n) is 9.40. The average molecular weight is 526 g/mol. The quantitative estimate of drug-likeness (QED) is 0.263. The van der Waals surface area contributed by atoms with Gasteiger partial charge in [-0.15, -0.1) is 0 Å². The molecule has 3 heterocycles. The van der Waals surface area contributed by atoms with Crippen molar-refractivity contribution in [2.45, 2.75) is 13.0 Å². The van der Waals surface area contributed by atoms with Crippen LogP contribution < -0.4 is 5.32 Å². The Balaban J connectivity index is 1.39. The molecule has 2 aromatic heterocycles. The first kappa shape index (κ1) is 24.6. The Hall–Kier alpha value is -3.78. The molecule has 0 radical (unpaired) electrons. The van der Waals surface area contributed by atoms with Gasteiger partial charge in [0.15, 0.2) is 11.6 Å². The van der Waals surface area contributed by atoms with Gasteiger partial charge >= 0.3 is 0 Å². The fourth-order valence-electron chi connectivity index (χ4n) is 4.71. The number of rotatable bonds is 7. The number of halogens is 1. The van der Waals surface area contributed by atoms with E-state index in [1.54, 1.807) is 0 Å². The van der Waals surface area contributed by atoms with E-state index in [9.17, 15) is 0 Å². The molecule has 1 saturated heterocycles. The highest BCUT2D eigenvalue weighted by atomic mass is 35.5. The SMILES string of the molecule is Cc1ccc(-c2nc(NCC(c3ccc(Cl)cc3)N3CCOCC3)c3oc(-c4ccccc4)nc3n2)cc1. The molecular weight excluding hydrogens is 498 g/mol. The Labute approximate surface area is 226 Å². The minimum absolute atomic E-state index is 0.0977. The van der Waals surface area contributed by atoms with Crippen LogP contribution in [0.3, 0.4) is 0 Å². The summed E-state index contributed by atoms with van der Waals surface area (Å²) in [5.74, 6) is 1.73. The predicted octanol–water partition coefficient (Wildman–Crippen LogP) is 6.40. The number of aromatic nitrogens is 3. The van der Waals surface area contributed by atoms with Crippen molar-refractivity contribution in [3.63, 3.8) is 0 Å². The number of oxazole rings is 1. The molecule has 0 spiro atoms. The van der Waals surface area contributed by atoms with E-state index in [1.807, 2.05) is 54.6 Å². The van der Waals surface area contributed by atoms with Gasteiger partial charge in [0, 0.05) is 35.8 Å². The number of hydrogen-bond acceptors (Lipinski definition) is 7. The van der Waals surface area contributed by atoms with E-state index in [2.05, 4.69) is 41.4 Å². The van der Waals surface area contributed by atoms with Crippen molar-refractivity contribution in [2.75, 3.05) is 38.2 Å². The highest BCUT2D eigenvalue weighted by molar-refractivity contribution is 6.30. The van der Waals surface area contributed by atoms with Gasteiger partial charge in [-0.05, 0) is 36.8 Å². The third kappa shape index (κ3) is 5.27. The molecular formula is C30H28ClN5O2. The molecule has 1 aliphatic heterocycles. The number of morpholine rings is 1. The number of nitrogens with zero attached hydrogens (tertiary/aromatic N) is 4. The lowest BCUT2D eigenvalue weighted by Gasteiger charge is -2.35. The Morgan fingerprint density at radius 2 is 1.61 bits per heavy atom. The third-order valence-corrected chi connectivity index (χ3v) is 7.04. The summed E-state index contributed by atoms with van der Waals surface area (Å²) in [5.41, 5.74) is 5.23. The van der Waals surface area contributed by atoms with Crippen LogP contribution in [0.15, 0.2) is 83.3 Å². The van der Waals surface area contributed by atoms with Gasteiger partial charge in [-0.3, -0.25) is 4.90 Å². The summed E-state index contributed by atoms with van der Waals surface area (Å²) in [6.45, 7) is 5.80. The summed E-state index contributed by atoms with van der Waals surface area (Å²) in [6, 6.07) is 26.2. The van der Waals surface area contributed by atoms with Gasteiger partial charge in [-0.25, -0.2) is 9.97 Å². The normalized spacial score (nSPS) is 15.0. The first-order valence-corrected chi connectivity index (χ1v) is 13.1. The lowest BCUT2D eigenvalue weighted by Crippen LogP contribution is -2.41. The minimum Gasteiger partial charge on any atom is -0.430 e. The lowest BCUT2D eigenvalue weighted by molar-refractivity contribution is 0.0187. The molecule has 5 aromatic rings. The van der Waals surface area contributed by atoms with E-state index in [-0.39, 0.29) is 6.04 Å². The highest BCUT2D eigenvalue weighted by Gasteiger charge is 2.24. The van der Waals surface area contributed by atoms with Crippen LogP contribution in [0, 0.1) is 6.92 Å². The number of anilines is 1. The van der Waals surface area contributed by atoms with Crippen LogP contribution in [0.1, 0.15) is 17.2 Å². The van der Waals surface area contributed by atoms with Crippen LogP contribution in [0.4, 0.5) is 5.82 Å². The Morgan fingerprint density at radius 1 is 0.868 bits per heavy atom. The van der Waals surface area contributed by atoms with Crippen molar-refractivity contribution in [1.82, 2.24) is 19.9 Å². The predicted molar refractivity (Wildman–Crippen MR) is 150 cm³/mol. The maximum absolute atomic E-state index is 6.24. The highest BCUT2D eigenvalue weighted by Crippen LogP contribution is 2.31. The van der Waals surface area contributed by atoms with E-state index in [1.165, 1.54) is 11.1 Å². The van der Waals surface area contributed by atoms with Crippen molar-refractivity contribution in [1.29, 1.82) is 0 Å². The molecule has 8 heteroatoms. The van der Waals surface area contributed by atoms with Crippen LogP contribution in [0.2, 0.25) is 5.02 Å². The van der Waals surface area contributed by atoms with E-state index >= 15 is 0 Å². The fourth-order valence-corrected chi connectivity index (χ4v) is 4.83. The number of hydrogen-bond donors (Lipinski definition) is 1. The van der Waals surface area contributed by atoms with Gasteiger partial charge in [-0.1, -0.05) is 71.8 Å². The second-order valence-corrected chi connectivity index (χ2v) is 9.83. The number of nitrogens with one attached hydrogen (secondary N) is 1. The van der Waals surface area contributed by atoms with Crippen molar-refractivity contribution >= 4 is 28.6 Å². The number of fused-ring (bicyclic) bond motifs is 1. The van der Waals surface area contributed by atoms with Crippen molar-refractivity contribution in [3.8, 4) is 22.8 Å². The molecule has 0 bridgehead atoms. The minimum atomic E-state index is 0.0977. The Bertz CT molecular complexity index is 1510. The fraction of sp³-hybridized carbons (Fsp3) is 0.233. The van der Waals surface area contributed by atoms with Crippen LogP contribution in [0.25, 0.3) is 34.1 Å². The van der Waals surface area contributed by atoms with Gasteiger partial charge < -0.3 is 14.5 Å². The molecule has 1 atom stereocenters. The maximum Gasteiger partial charge on any atom is 0.229 e. The standard InChI is InChI=1S/C30H28ClN5O2/c1-20-7-9-22(10-8-20)27-33-28(26-29(34-27)35-30(38-26)23-5-3-2-4-6-23)32-19-25(36-15-17-37-18-16-36)21-11-13-24(31)14-12-21/h2-14,25H,15-19H2,1H3,(H,32,33,34). The molecule has 0 aliphatic carbocycles. The zero-order chi connectivity index (χ0) is 25.9. The first-order chi connectivity index (χ1) is 18.6. The summed E-state index contributed by atoms with van der Waals surface area (Å²) in [4.78, 5) is 16.8. The van der Waals surface area contributed by atoms with Gasteiger partial charge in [0.25, 0.3) is 0 Å². The Morgan fingerprint density at radius 3 is 2.34 bits per heavy atom. The first-order valence-electron chi connectivity index (χ1n) is 12.8. The molecule has 1 unspecified atom stereocenters. The second kappa shape index (κ2) is 10.9. The summed E-state index contributed by atoms with van der Waals surface area (Å²) in [6.07, 6.45) is 0. The van der Waals surface area contributed by atoms with Crippen LogP contribution >= 0.6 is 11.6 Å². The number of ether oxygens (including phenoxy) is 1. The molecule has 38 heavy (non-hydrogen) atoms. The van der Waals surface area contributed by atoms with Crippen molar-refractivity contribution < 1.29 is 9.15 Å². The monoisotopic (exact) mass is 525 g/mol. The van der Waals surface area contributed by atoms with Crippen molar-refractivity contribution in [2.24, 2.45) is 0 Å². The van der Waals surface area contributed by atoms with Gasteiger partial charge in [0.2, 0.25) is 17.1 Å². The smallest absolute Gasteiger partial charge is 0.229 e. The lowest BCUT2D eigenvalue weighted by atomic mass is 10.0. The van der Waals surface area contributed by atoms with Crippen molar-refractivity contribution in [3.05, 3.63) is 95.0 Å². The average Bonchev–Trinajstić information content (AvgIpc) is 3.40. The maximum atomic E-state index is 6.24. The van der Waals surface area contributed by atoms with Crippen LogP contribution in [-0.4, -0.2) is 52.7 Å². The number of aryl methyl sites for hydroxylation is 1. The zero-order valence-corrected chi connectivity index (χ0v) is 21.9. The van der Waals surface area contributed by atoms with E-state index < -0.39 is 0 Å². The van der Waals surface area contributed by atoms with E-state index in [0.29, 0.717) is 48.5 Å². The van der Waals surface area contributed by atoms with Gasteiger partial charge in [0.05, 0.1) is 19.3 Å². The van der Waals surface area contributed by atoms with Crippen LogP contribution in [-0.2, 0) is 4.74 Å². The summed E-state index contributed by atoms with van der Waals surface area (Å²) in [7, 11) is 0. The largest absolute Gasteiger partial charge is 0.430 e. The molecule has 1 N–H and O–H groups in total. The Kier molecular flexibility index (Phi) is 7.05. The zero-order valence-electron chi connectivity index (χ0n) is 21.1. The summed E-state index contributed by atoms with van der Waals surface area (Å²) >= 11 is 6.19. The van der Waals surface area contributed by atoms with Gasteiger partial charge in [0.1, 0.15) is 0 Å². The molecule has 7 nitrogen and oxygen atoms in total. The topological polar surface area (TPSA) is 76.3 Å². The van der Waals surface area contributed by atoms with Gasteiger partial charge in [-0.2, -0.15) is 4.98 Å². The summed E-state index contributed by atoms with van der Waals surface area (Å²) < 4.78 is 11.9. The third-order valence-electron chi connectivity index (χ3n) is 6.79. The molecule has 3 aromatic carbocycles. The van der Waals surface area contributed by atoms with E-state index in [0.717, 1.165) is 29.2 Å². The molecule has 1 fully saturated rings. The van der Waals surface area contributed by atoms with E-state index in [4.69, 9.17) is 35.7 Å².